The van der Waals surface area contributed by atoms with Crippen molar-refractivity contribution in [3.63, 3.8) is 0 Å². The highest BCUT2D eigenvalue weighted by molar-refractivity contribution is 5.79. The van der Waals surface area contributed by atoms with Crippen LogP contribution >= 0.6 is 0 Å². The van der Waals surface area contributed by atoms with Crippen molar-refractivity contribution in [1.29, 1.82) is 0 Å². The Morgan fingerprint density at radius 3 is 2.90 bits per heavy atom. The first kappa shape index (κ1) is 12.8. The highest BCUT2D eigenvalue weighted by atomic mass is 15.4. The quantitative estimate of drug-likeness (QED) is 0.730. The standard InChI is InChI=1S/C16H18N4/c1-4-16-11(2)18-19-20(16)12(3)13-7-8-15-14(10-13)6-5-9-17-15/h5-10,12H,4H2,1-3H3. The van der Waals surface area contributed by atoms with Crippen molar-refractivity contribution in [1.82, 2.24) is 20.0 Å². The fourth-order valence-electron chi connectivity index (χ4n) is 2.62. The van der Waals surface area contributed by atoms with Crippen LogP contribution in [0.25, 0.3) is 10.9 Å². The van der Waals surface area contributed by atoms with Gasteiger partial charge in [-0.05, 0) is 44.0 Å². The van der Waals surface area contributed by atoms with Crippen LogP contribution in [0, 0.1) is 6.92 Å². The van der Waals surface area contributed by atoms with E-state index in [0.717, 1.165) is 23.0 Å². The Morgan fingerprint density at radius 2 is 2.10 bits per heavy atom. The number of aryl methyl sites for hydroxylation is 1. The number of benzene rings is 1. The fourth-order valence-corrected chi connectivity index (χ4v) is 2.62. The zero-order valence-corrected chi connectivity index (χ0v) is 12.0. The van der Waals surface area contributed by atoms with Gasteiger partial charge in [-0.2, -0.15) is 0 Å². The lowest BCUT2D eigenvalue weighted by Crippen LogP contribution is -2.12. The van der Waals surface area contributed by atoms with E-state index >= 15 is 0 Å². The van der Waals surface area contributed by atoms with Gasteiger partial charge in [0.2, 0.25) is 0 Å². The number of fused-ring (bicyclic) bond motifs is 1. The van der Waals surface area contributed by atoms with E-state index in [9.17, 15) is 0 Å². The van der Waals surface area contributed by atoms with Gasteiger partial charge in [-0.3, -0.25) is 4.98 Å². The van der Waals surface area contributed by atoms with E-state index in [1.807, 2.05) is 23.9 Å². The third-order valence-corrected chi connectivity index (χ3v) is 3.80. The van der Waals surface area contributed by atoms with Crippen molar-refractivity contribution in [2.24, 2.45) is 0 Å². The van der Waals surface area contributed by atoms with E-state index in [2.05, 4.69) is 53.4 Å². The van der Waals surface area contributed by atoms with Crippen LogP contribution in [0.2, 0.25) is 0 Å². The molecule has 0 N–H and O–H groups in total. The van der Waals surface area contributed by atoms with Gasteiger partial charge in [0, 0.05) is 11.6 Å². The van der Waals surface area contributed by atoms with Gasteiger partial charge in [0.25, 0.3) is 0 Å². The Labute approximate surface area is 118 Å². The van der Waals surface area contributed by atoms with Crippen molar-refractivity contribution in [3.8, 4) is 0 Å². The molecule has 3 rings (SSSR count). The molecule has 2 heterocycles. The molecule has 1 atom stereocenters. The van der Waals surface area contributed by atoms with Crippen LogP contribution in [0.4, 0.5) is 0 Å². The van der Waals surface area contributed by atoms with Crippen LogP contribution in [0.15, 0.2) is 36.5 Å². The Morgan fingerprint density at radius 1 is 1.25 bits per heavy atom. The molecule has 0 spiro atoms. The lowest BCUT2D eigenvalue weighted by atomic mass is 10.0. The molecule has 0 fully saturated rings. The molecule has 0 bridgehead atoms. The smallest absolute Gasteiger partial charge is 0.0828 e. The van der Waals surface area contributed by atoms with E-state index in [1.165, 1.54) is 11.3 Å². The SMILES string of the molecule is CCc1c(C)nnn1C(C)c1ccc2ncccc2c1. The average molecular weight is 266 g/mol. The van der Waals surface area contributed by atoms with E-state index in [4.69, 9.17) is 0 Å². The van der Waals surface area contributed by atoms with Crippen LogP contribution in [-0.4, -0.2) is 20.0 Å². The van der Waals surface area contributed by atoms with Gasteiger partial charge in [0.15, 0.2) is 0 Å². The second-order valence-electron chi connectivity index (χ2n) is 5.05. The summed E-state index contributed by atoms with van der Waals surface area (Å²) in [6.07, 6.45) is 2.76. The molecule has 0 aliphatic rings. The van der Waals surface area contributed by atoms with Gasteiger partial charge in [0.1, 0.15) is 0 Å². The third-order valence-electron chi connectivity index (χ3n) is 3.80. The highest BCUT2D eigenvalue weighted by Gasteiger charge is 2.15. The molecule has 102 valence electrons. The van der Waals surface area contributed by atoms with Gasteiger partial charge in [0.05, 0.1) is 22.9 Å². The van der Waals surface area contributed by atoms with E-state index in [0.29, 0.717) is 0 Å². The van der Waals surface area contributed by atoms with E-state index in [-0.39, 0.29) is 6.04 Å². The lowest BCUT2D eigenvalue weighted by Gasteiger charge is -2.15. The molecule has 0 saturated carbocycles. The third kappa shape index (κ3) is 2.07. The largest absolute Gasteiger partial charge is 0.256 e. The predicted octanol–water partition coefficient (Wildman–Crippen LogP) is 3.31. The molecule has 4 heteroatoms. The number of pyridine rings is 1. The number of aromatic nitrogens is 4. The van der Waals surface area contributed by atoms with E-state index < -0.39 is 0 Å². The first-order valence-corrected chi connectivity index (χ1v) is 6.96. The minimum atomic E-state index is 0.177. The molecule has 3 aromatic rings. The summed E-state index contributed by atoms with van der Waals surface area (Å²) in [5.41, 5.74) is 4.46. The number of nitrogens with zero attached hydrogens (tertiary/aromatic N) is 4. The van der Waals surface area contributed by atoms with Crippen LogP contribution in [0.5, 0.6) is 0 Å². The van der Waals surface area contributed by atoms with Crippen molar-refractivity contribution in [2.75, 3.05) is 0 Å². The monoisotopic (exact) mass is 266 g/mol. The molecule has 2 aromatic heterocycles. The Hall–Kier alpha value is -2.23. The first-order chi connectivity index (χ1) is 9.70. The maximum absolute atomic E-state index is 4.36. The molecule has 4 nitrogen and oxygen atoms in total. The highest BCUT2D eigenvalue weighted by Crippen LogP contribution is 2.23. The maximum Gasteiger partial charge on any atom is 0.0828 e. The van der Waals surface area contributed by atoms with Crippen molar-refractivity contribution in [3.05, 3.63) is 53.5 Å². The minimum absolute atomic E-state index is 0.177. The maximum atomic E-state index is 4.36. The van der Waals surface area contributed by atoms with Crippen molar-refractivity contribution in [2.45, 2.75) is 33.2 Å². The molecule has 0 radical (unpaired) electrons. The Balaban J connectivity index is 2.05. The normalized spacial score (nSPS) is 12.8. The summed E-state index contributed by atoms with van der Waals surface area (Å²) < 4.78 is 2.02. The molecular formula is C16H18N4. The second-order valence-corrected chi connectivity index (χ2v) is 5.05. The Kier molecular flexibility index (Phi) is 3.22. The second kappa shape index (κ2) is 5.04. The van der Waals surface area contributed by atoms with Crippen LogP contribution in [0.1, 0.15) is 36.8 Å². The lowest BCUT2D eigenvalue weighted by molar-refractivity contribution is 0.523. The molecule has 1 aromatic carbocycles. The molecule has 0 saturated heterocycles. The summed E-state index contributed by atoms with van der Waals surface area (Å²) in [6.45, 7) is 6.31. The van der Waals surface area contributed by atoms with Gasteiger partial charge in [-0.1, -0.05) is 24.3 Å². The van der Waals surface area contributed by atoms with Crippen LogP contribution in [0.3, 0.4) is 0 Å². The molecule has 0 amide bonds. The van der Waals surface area contributed by atoms with Gasteiger partial charge >= 0.3 is 0 Å². The summed E-state index contributed by atoms with van der Waals surface area (Å²) in [5.74, 6) is 0. The van der Waals surface area contributed by atoms with E-state index in [1.54, 1.807) is 0 Å². The van der Waals surface area contributed by atoms with Crippen LogP contribution in [-0.2, 0) is 6.42 Å². The number of hydrogen-bond donors (Lipinski definition) is 0. The average Bonchev–Trinajstić information content (AvgIpc) is 2.86. The summed E-state index contributed by atoms with van der Waals surface area (Å²) in [6, 6.07) is 10.6. The first-order valence-electron chi connectivity index (χ1n) is 6.96. The van der Waals surface area contributed by atoms with Gasteiger partial charge < -0.3 is 0 Å². The predicted molar refractivity (Wildman–Crippen MR) is 79.7 cm³/mol. The number of hydrogen-bond acceptors (Lipinski definition) is 3. The summed E-state index contributed by atoms with van der Waals surface area (Å²) in [4.78, 5) is 4.36. The zero-order valence-electron chi connectivity index (χ0n) is 12.0. The summed E-state index contributed by atoms with van der Waals surface area (Å²) in [7, 11) is 0. The van der Waals surface area contributed by atoms with Gasteiger partial charge in [-0.15, -0.1) is 5.10 Å². The zero-order chi connectivity index (χ0) is 14.1. The van der Waals surface area contributed by atoms with Crippen molar-refractivity contribution >= 4 is 10.9 Å². The van der Waals surface area contributed by atoms with Crippen molar-refractivity contribution < 1.29 is 0 Å². The molecule has 0 aliphatic carbocycles. The topological polar surface area (TPSA) is 43.6 Å². The molecule has 1 unspecified atom stereocenters. The Bertz CT molecular complexity index is 745. The molecule has 0 aliphatic heterocycles. The van der Waals surface area contributed by atoms with Crippen LogP contribution < -0.4 is 0 Å². The number of rotatable bonds is 3. The molecular weight excluding hydrogens is 248 g/mol. The minimum Gasteiger partial charge on any atom is -0.256 e. The fraction of sp³-hybridized carbons (Fsp3) is 0.312. The summed E-state index contributed by atoms with van der Waals surface area (Å²) in [5, 5.41) is 9.65. The summed E-state index contributed by atoms with van der Waals surface area (Å²) >= 11 is 0. The molecule has 20 heavy (non-hydrogen) atoms. The van der Waals surface area contributed by atoms with Gasteiger partial charge in [-0.25, -0.2) is 4.68 Å².